The Morgan fingerprint density at radius 1 is 0.600 bits per heavy atom. The van der Waals surface area contributed by atoms with E-state index in [1.165, 1.54) is 16.7 Å². The lowest BCUT2D eigenvalue weighted by atomic mass is 9.46. The number of ketones is 1. The summed E-state index contributed by atoms with van der Waals surface area (Å²) in [5.74, 6) is -0.617. The number of carbonyl (C=O) groups is 3. The van der Waals surface area contributed by atoms with Gasteiger partial charge < -0.3 is 124 Å². The number of aliphatic hydroxyl groups is 13. The first kappa shape index (κ1) is 71.2. The third-order valence-electron chi connectivity index (χ3n) is 21.1. The fourth-order valence-electron chi connectivity index (χ4n) is 16.3. The van der Waals surface area contributed by atoms with Gasteiger partial charge in [-0.15, -0.1) is 0 Å². The summed E-state index contributed by atoms with van der Waals surface area (Å²) in [6.45, 7) is 13.6. The van der Waals surface area contributed by atoms with Gasteiger partial charge in [-0.3, -0.25) is 14.4 Å². The minimum Gasteiger partial charge on any atom is -0.394 e. The number of hydrogen-bond acceptors (Lipinski definition) is 26. The van der Waals surface area contributed by atoms with Crippen molar-refractivity contribution in [1.29, 1.82) is 0 Å². The van der Waals surface area contributed by atoms with E-state index in [0.29, 0.717) is 18.8 Å². The molecule has 5 saturated heterocycles. The van der Waals surface area contributed by atoms with E-state index in [0.717, 1.165) is 57.9 Å². The maximum absolute atomic E-state index is 13.0. The summed E-state index contributed by atoms with van der Waals surface area (Å²) in [6, 6.07) is -3.07. The molecule has 9 rings (SSSR count). The quantitative estimate of drug-likeness (QED) is 0.0549. The van der Waals surface area contributed by atoms with Gasteiger partial charge in [0.25, 0.3) is 0 Å². The third-order valence-corrected chi connectivity index (χ3v) is 21.1. The van der Waals surface area contributed by atoms with E-state index in [1.54, 1.807) is 6.08 Å². The number of amides is 2. The Morgan fingerprint density at radius 2 is 1.13 bits per heavy atom. The van der Waals surface area contributed by atoms with E-state index in [4.69, 9.17) is 47.4 Å². The highest BCUT2D eigenvalue weighted by Gasteiger charge is 2.61. The van der Waals surface area contributed by atoms with Crippen LogP contribution < -0.4 is 10.6 Å². The zero-order valence-electron chi connectivity index (χ0n) is 52.6. The topological polar surface area (TPSA) is 431 Å². The van der Waals surface area contributed by atoms with Crippen LogP contribution in [0.3, 0.4) is 0 Å². The van der Waals surface area contributed by atoms with Crippen molar-refractivity contribution in [3.05, 3.63) is 34.4 Å². The Kier molecular flexibility index (Phi) is 22.7. The van der Waals surface area contributed by atoms with Crippen LogP contribution in [0, 0.1) is 34.0 Å². The van der Waals surface area contributed by atoms with Crippen molar-refractivity contribution in [3.63, 3.8) is 0 Å². The fraction of sp³-hybridized carbons (Fsp3) is 0.855. The lowest BCUT2D eigenvalue weighted by Crippen LogP contribution is -2.68. The standard InChI is InChI=1S/C62H98N2O26/c1-25(2)18-29(70)19-26(3)31-11-12-32-30-10-13-39-60(6,7)40(15-17-62(39,9)33(30)14-16-61(31,32)8)88-59-53(47(75)38(24-82-59)87-55-41(63-27(4)68)48(76)43(71)34(20-65)83-55)89-56-42(64-28(5)69)49(77)46(74)37(86-56)23-81-58-54(51(79)45(73)36(22-67)85-58)90-57-52(80)50(78)44(72)35(21-66)84-57/h12,18,26,31,34-59,65-67,71-80H,10-11,13-17,19-24H2,1-9H3,(H,63,68)(H,64,69)/t26-,31-,34?,35?,36?,37?,38-,39+,40+,41?,42?,43+,44-,45-,46-,47?,48?,49?,50?,51?,52?,53?,54?,55+,56+,57+,58-,59+,61-,62-/m1/s1. The summed E-state index contributed by atoms with van der Waals surface area (Å²) in [6.07, 6.45) is -28.6. The molecule has 4 aliphatic carbocycles. The van der Waals surface area contributed by atoms with E-state index >= 15 is 0 Å². The number of rotatable bonds is 20. The molecule has 9 aliphatic rings. The van der Waals surface area contributed by atoms with Gasteiger partial charge >= 0.3 is 0 Å². The van der Waals surface area contributed by atoms with Crippen molar-refractivity contribution >= 4 is 17.6 Å². The van der Waals surface area contributed by atoms with Gasteiger partial charge in [-0.25, -0.2) is 0 Å². The molecule has 0 bridgehead atoms. The summed E-state index contributed by atoms with van der Waals surface area (Å²) < 4.78 is 61.8. The minimum atomic E-state index is -1.99. The Morgan fingerprint density at radius 3 is 1.73 bits per heavy atom. The van der Waals surface area contributed by atoms with E-state index in [1.807, 2.05) is 13.8 Å². The highest BCUT2D eigenvalue weighted by atomic mass is 16.8. The van der Waals surface area contributed by atoms with E-state index in [2.05, 4.69) is 51.3 Å². The van der Waals surface area contributed by atoms with Gasteiger partial charge in [-0.05, 0) is 110 Å². The molecular formula is C62H98N2O26. The average Bonchev–Trinajstić information content (AvgIpc) is 1.18. The van der Waals surface area contributed by atoms with Crippen molar-refractivity contribution < 1.29 is 128 Å². The molecule has 0 aromatic rings. The molecule has 6 fully saturated rings. The molecule has 28 heteroatoms. The predicted molar refractivity (Wildman–Crippen MR) is 309 cm³/mol. The normalized spacial score (nSPS) is 46.4. The number of hydrogen-bond donors (Lipinski definition) is 15. The molecular weight excluding hydrogens is 1190 g/mol. The SMILES string of the molecule is CC(=O)NC1C(O)[C@H](O)C(CO[C@@H]2OC(CO)[C@@H](O)C(O)C2O[C@@H]2OC(CO)[C@@H](O)C(O)C2O)O[C@H]1OC1C(O)[C@H](O[C@@H]2OC(CO)[C@H](O)C(O)C2NC(C)=O)CO[C@H]1O[C@H]1CC[C@]2(C)C3=C(CC[C@H]2C1(C)C)C1=CC[C@H]([C@H](C)CC(=O)C=C(C)C)[C@@]1(C)CC3. The molecule has 28 nitrogen and oxygen atoms in total. The van der Waals surface area contributed by atoms with Crippen LogP contribution in [0.4, 0.5) is 0 Å². The van der Waals surface area contributed by atoms with Gasteiger partial charge in [0.15, 0.2) is 37.2 Å². The van der Waals surface area contributed by atoms with Crippen molar-refractivity contribution in [3.8, 4) is 0 Å². The number of ether oxygens (including phenoxy) is 10. The molecule has 5 heterocycles. The molecule has 512 valence electrons. The van der Waals surface area contributed by atoms with E-state index < -0.39 is 204 Å². The molecule has 0 aromatic carbocycles. The Labute approximate surface area is 523 Å². The molecule has 0 aromatic heterocycles. The Hall–Kier alpha value is -3.09. The van der Waals surface area contributed by atoms with Crippen molar-refractivity contribution in [1.82, 2.24) is 10.6 Å². The van der Waals surface area contributed by atoms with Crippen molar-refractivity contribution in [2.24, 2.45) is 34.0 Å². The Bertz CT molecular complexity index is 2600. The number of nitrogens with one attached hydrogen (secondary N) is 2. The molecule has 15 N–H and O–H groups in total. The molecule has 5 aliphatic heterocycles. The summed E-state index contributed by atoms with van der Waals surface area (Å²) in [4.78, 5) is 38.4. The molecule has 30 atom stereocenters. The highest BCUT2D eigenvalue weighted by molar-refractivity contribution is 5.90. The summed E-state index contributed by atoms with van der Waals surface area (Å²) in [5, 5.41) is 147. The molecule has 1 saturated carbocycles. The Balaban J connectivity index is 0.986. The average molecular weight is 1290 g/mol. The van der Waals surface area contributed by atoms with Crippen LogP contribution in [-0.4, -0.2) is 270 Å². The van der Waals surface area contributed by atoms with Crippen LogP contribution in [0.25, 0.3) is 0 Å². The van der Waals surface area contributed by atoms with Gasteiger partial charge in [0.05, 0.1) is 39.1 Å². The van der Waals surface area contributed by atoms with Crippen LogP contribution in [0.1, 0.15) is 114 Å². The second kappa shape index (κ2) is 28.7. The molecule has 2 amide bonds. The van der Waals surface area contributed by atoms with E-state index in [-0.39, 0.29) is 28.4 Å². The second-order valence-electron chi connectivity index (χ2n) is 27.7. The number of allylic oxidation sites excluding steroid dienone is 6. The number of carbonyl (C=O) groups excluding carboxylic acids is 3. The second-order valence-corrected chi connectivity index (χ2v) is 27.7. The van der Waals surface area contributed by atoms with Crippen LogP contribution in [-0.2, 0) is 61.8 Å². The first-order valence-electron chi connectivity index (χ1n) is 31.7. The van der Waals surface area contributed by atoms with Crippen molar-refractivity contribution in [2.45, 2.75) is 267 Å². The minimum absolute atomic E-state index is 0.0734. The first-order valence-corrected chi connectivity index (χ1v) is 31.7. The van der Waals surface area contributed by atoms with Gasteiger partial charge in [-0.1, -0.05) is 51.8 Å². The molecule has 90 heavy (non-hydrogen) atoms. The van der Waals surface area contributed by atoms with Crippen LogP contribution in [0.5, 0.6) is 0 Å². The zero-order valence-corrected chi connectivity index (χ0v) is 52.6. The van der Waals surface area contributed by atoms with Crippen LogP contribution in [0.2, 0.25) is 0 Å². The summed E-state index contributed by atoms with van der Waals surface area (Å²) in [5.41, 5.74) is 4.38. The van der Waals surface area contributed by atoms with Crippen LogP contribution in [0.15, 0.2) is 34.4 Å². The predicted octanol–water partition coefficient (Wildman–Crippen LogP) is -2.76. The van der Waals surface area contributed by atoms with Crippen molar-refractivity contribution in [2.75, 3.05) is 33.0 Å². The maximum Gasteiger partial charge on any atom is 0.217 e. The van der Waals surface area contributed by atoms with E-state index in [9.17, 15) is 80.8 Å². The third kappa shape index (κ3) is 14.0. The van der Waals surface area contributed by atoms with Gasteiger partial charge in [-0.2, -0.15) is 0 Å². The number of fused-ring (bicyclic) bond motifs is 4. The maximum atomic E-state index is 13.0. The molecule has 0 radical (unpaired) electrons. The highest BCUT2D eigenvalue weighted by Crippen LogP contribution is 2.67. The first-order chi connectivity index (χ1) is 42.4. The fourth-order valence-corrected chi connectivity index (χ4v) is 16.3. The smallest absolute Gasteiger partial charge is 0.217 e. The van der Waals surface area contributed by atoms with Crippen LogP contribution >= 0.6 is 0 Å². The monoisotopic (exact) mass is 1290 g/mol. The lowest BCUT2D eigenvalue weighted by Gasteiger charge is -2.60. The van der Waals surface area contributed by atoms with Gasteiger partial charge in [0.1, 0.15) is 116 Å². The van der Waals surface area contributed by atoms with Gasteiger partial charge in [0.2, 0.25) is 11.8 Å². The molecule has 14 unspecified atom stereocenters. The number of aliphatic hydroxyl groups excluding tert-OH is 13. The lowest BCUT2D eigenvalue weighted by molar-refractivity contribution is -0.379. The summed E-state index contributed by atoms with van der Waals surface area (Å²) >= 11 is 0. The molecule has 0 spiro atoms. The summed E-state index contributed by atoms with van der Waals surface area (Å²) in [7, 11) is 0. The zero-order chi connectivity index (χ0) is 65.8. The van der Waals surface area contributed by atoms with Gasteiger partial charge in [0, 0.05) is 20.3 Å². The largest absolute Gasteiger partial charge is 0.394 e.